The summed E-state index contributed by atoms with van der Waals surface area (Å²) in [7, 11) is 0. The highest BCUT2D eigenvalue weighted by Crippen LogP contribution is 2.33. The molecule has 31 heavy (non-hydrogen) atoms. The van der Waals surface area contributed by atoms with Crippen LogP contribution < -0.4 is 0 Å². The third-order valence-electron chi connectivity index (χ3n) is 4.81. The molecule has 1 amide bonds. The molecule has 0 bridgehead atoms. The molecular weight excluding hydrogens is 447 g/mol. The van der Waals surface area contributed by atoms with Crippen LogP contribution >= 0.6 is 23.5 Å². The number of carbonyl (C=O) groups is 1. The summed E-state index contributed by atoms with van der Waals surface area (Å²) in [4.78, 5) is 16.6. The van der Waals surface area contributed by atoms with Crippen LogP contribution in [0.2, 0.25) is 0 Å². The predicted octanol–water partition coefficient (Wildman–Crippen LogP) is 5.05. The van der Waals surface area contributed by atoms with Gasteiger partial charge in [0.25, 0.3) is 5.91 Å². The van der Waals surface area contributed by atoms with Crippen LogP contribution in [0.15, 0.2) is 46.0 Å². The van der Waals surface area contributed by atoms with Crippen molar-refractivity contribution in [2.24, 2.45) is 10.1 Å². The number of fused-ring (bicyclic) bond motifs is 1. The van der Waals surface area contributed by atoms with Crippen LogP contribution in [-0.2, 0) is 11.0 Å². The first kappa shape index (κ1) is 21.4. The van der Waals surface area contributed by atoms with Gasteiger partial charge in [0, 0.05) is 17.1 Å². The van der Waals surface area contributed by atoms with E-state index in [4.69, 9.17) is 5.41 Å². The number of hydrogen-bond acceptors (Lipinski definition) is 5. The number of aryl methyl sites for hydroxylation is 1. The van der Waals surface area contributed by atoms with Gasteiger partial charge in [-0.1, -0.05) is 6.07 Å². The Morgan fingerprint density at radius 2 is 1.97 bits per heavy atom. The molecule has 0 aliphatic carbocycles. The van der Waals surface area contributed by atoms with Gasteiger partial charge in [-0.3, -0.25) is 10.2 Å². The molecule has 1 N–H and O–H groups in total. The topological polar surface area (TPSA) is 73.8 Å². The van der Waals surface area contributed by atoms with Crippen LogP contribution in [0.3, 0.4) is 0 Å². The summed E-state index contributed by atoms with van der Waals surface area (Å²) in [6, 6.07) is 6.82. The number of aliphatic imine (C=N–C) groups is 1. The number of halogens is 3. The number of nitrogens with zero attached hydrogens (tertiary/aromatic N) is 4. The molecule has 160 valence electrons. The van der Waals surface area contributed by atoms with Gasteiger partial charge in [0.1, 0.15) is 0 Å². The lowest BCUT2D eigenvalue weighted by atomic mass is 10.1. The molecule has 4 rings (SSSR count). The second-order valence-electron chi connectivity index (χ2n) is 6.80. The number of carbonyl (C=O) groups excluding carboxylic acids is 1. The molecular formula is C20H16F3N5OS2. The zero-order chi connectivity index (χ0) is 22.5. The maximum atomic E-state index is 13.1. The molecule has 0 saturated carbocycles. The fourth-order valence-electron chi connectivity index (χ4n) is 3.36. The number of thioether (sulfide) groups is 2. The summed E-state index contributed by atoms with van der Waals surface area (Å²) in [6.07, 6.45) is -1.07. The first-order chi connectivity index (χ1) is 14.6. The monoisotopic (exact) mass is 463 g/mol. The van der Waals surface area contributed by atoms with E-state index in [0.717, 1.165) is 12.1 Å². The van der Waals surface area contributed by atoms with Crippen molar-refractivity contribution in [3.05, 3.63) is 58.4 Å². The average Bonchev–Trinajstić information content (AvgIpc) is 3.25. The number of nitrogens with one attached hydrogen (secondary N) is 1. The summed E-state index contributed by atoms with van der Waals surface area (Å²) >= 11 is 2.62. The number of benzene rings is 1. The zero-order valence-electron chi connectivity index (χ0n) is 16.6. The Kier molecular flexibility index (Phi) is 5.34. The molecule has 0 fully saturated rings. The molecule has 0 saturated heterocycles. The third-order valence-corrected chi connectivity index (χ3v) is 6.70. The molecule has 2 aliphatic rings. The number of aromatic nitrogens is 1. The minimum Gasteiger partial charge on any atom is -0.318 e. The Hall–Kier alpha value is -2.79. The van der Waals surface area contributed by atoms with Crippen molar-refractivity contribution >= 4 is 50.9 Å². The van der Waals surface area contributed by atoms with Crippen LogP contribution in [0, 0.1) is 19.3 Å². The van der Waals surface area contributed by atoms with Crippen molar-refractivity contribution in [3.63, 3.8) is 0 Å². The van der Waals surface area contributed by atoms with E-state index in [-0.39, 0.29) is 11.4 Å². The summed E-state index contributed by atoms with van der Waals surface area (Å²) in [5.74, 6) is -0.638. The Morgan fingerprint density at radius 1 is 1.23 bits per heavy atom. The SMILES string of the molecule is CSC1=NN2C(=N)/C(=C\c3cc(C)n(-c4cccc(C(F)(F)F)c4)c3C)C(=O)N=C2S1. The van der Waals surface area contributed by atoms with Crippen molar-refractivity contribution in [2.45, 2.75) is 20.0 Å². The van der Waals surface area contributed by atoms with Crippen molar-refractivity contribution < 1.29 is 18.0 Å². The van der Waals surface area contributed by atoms with E-state index in [2.05, 4.69) is 10.1 Å². The lowest BCUT2D eigenvalue weighted by Gasteiger charge is -2.20. The highest BCUT2D eigenvalue weighted by atomic mass is 32.2. The first-order valence-electron chi connectivity index (χ1n) is 9.01. The van der Waals surface area contributed by atoms with Gasteiger partial charge in [-0.05, 0) is 67.8 Å². The maximum absolute atomic E-state index is 13.1. The van der Waals surface area contributed by atoms with Crippen LogP contribution in [0.25, 0.3) is 11.8 Å². The predicted molar refractivity (Wildman–Crippen MR) is 119 cm³/mol. The van der Waals surface area contributed by atoms with Gasteiger partial charge in [-0.25, -0.2) is 0 Å². The number of amidine groups is 2. The lowest BCUT2D eigenvalue weighted by molar-refractivity contribution is -0.137. The maximum Gasteiger partial charge on any atom is 0.416 e. The number of amides is 1. The van der Waals surface area contributed by atoms with Gasteiger partial charge in [0.15, 0.2) is 10.2 Å². The van der Waals surface area contributed by atoms with Gasteiger partial charge < -0.3 is 4.57 Å². The van der Waals surface area contributed by atoms with Gasteiger partial charge in [-0.2, -0.15) is 23.2 Å². The minimum atomic E-state index is -4.45. The summed E-state index contributed by atoms with van der Waals surface area (Å²) in [5.41, 5.74) is 1.65. The molecule has 0 unspecified atom stereocenters. The largest absolute Gasteiger partial charge is 0.416 e. The van der Waals surface area contributed by atoms with E-state index in [0.29, 0.717) is 32.2 Å². The van der Waals surface area contributed by atoms with E-state index in [1.54, 1.807) is 30.5 Å². The standard InChI is InChI=1S/C20H16F3N5OS2/c1-10-7-12(11(2)27(10)14-6-4-5-13(9-14)20(21,22)23)8-15-16(24)28-18(25-17(15)29)31-19(26-28)30-3/h4-9,24H,1-3H3/b15-8+,24-16?. The molecule has 1 aromatic carbocycles. The highest BCUT2D eigenvalue weighted by Gasteiger charge is 2.36. The Morgan fingerprint density at radius 3 is 2.65 bits per heavy atom. The number of rotatable bonds is 2. The number of alkyl halides is 3. The van der Waals surface area contributed by atoms with E-state index in [1.165, 1.54) is 40.7 Å². The third kappa shape index (κ3) is 3.83. The second kappa shape index (κ2) is 7.72. The summed E-state index contributed by atoms with van der Waals surface area (Å²) in [5, 5.41) is 14.3. The molecule has 1 aromatic heterocycles. The van der Waals surface area contributed by atoms with E-state index in [1.807, 2.05) is 6.26 Å². The van der Waals surface area contributed by atoms with Gasteiger partial charge >= 0.3 is 6.18 Å². The Labute approximate surface area is 184 Å². The molecule has 6 nitrogen and oxygen atoms in total. The van der Waals surface area contributed by atoms with Gasteiger partial charge in [0.2, 0.25) is 5.17 Å². The minimum absolute atomic E-state index is 0.0692. The van der Waals surface area contributed by atoms with Crippen LogP contribution in [-0.4, -0.2) is 37.1 Å². The lowest BCUT2D eigenvalue weighted by Crippen LogP contribution is -2.35. The first-order valence-corrected chi connectivity index (χ1v) is 11.0. The molecule has 0 radical (unpaired) electrons. The zero-order valence-corrected chi connectivity index (χ0v) is 18.2. The number of hydrazone groups is 1. The summed E-state index contributed by atoms with van der Waals surface area (Å²) in [6.45, 7) is 3.52. The molecule has 2 aliphatic heterocycles. The highest BCUT2D eigenvalue weighted by molar-refractivity contribution is 8.45. The Bertz CT molecular complexity index is 1210. The molecule has 11 heteroatoms. The van der Waals surface area contributed by atoms with E-state index in [9.17, 15) is 18.0 Å². The smallest absolute Gasteiger partial charge is 0.318 e. The molecule has 2 aromatic rings. The Balaban J connectivity index is 1.75. The quantitative estimate of drug-likeness (QED) is 0.633. The second-order valence-corrected chi connectivity index (χ2v) is 8.81. The molecule has 3 heterocycles. The van der Waals surface area contributed by atoms with Crippen molar-refractivity contribution in [1.82, 2.24) is 9.58 Å². The van der Waals surface area contributed by atoms with Crippen molar-refractivity contribution in [2.75, 3.05) is 6.26 Å². The van der Waals surface area contributed by atoms with Gasteiger partial charge in [-0.15, -0.1) is 16.9 Å². The van der Waals surface area contributed by atoms with Crippen molar-refractivity contribution in [1.29, 1.82) is 5.41 Å². The van der Waals surface area contributed by atoms with Crippen molar-refractivity contribution in [3.8, 4) is 5.69 Å². The fourth-order valence-corrected chi connectivity index (χ4v) is 4.71. The van der Waals surface area contributed by atoms with Gasteiger partial charge in [0.05, 0.1) is 11.1 Å². The van der Waals surface area contributed by atoms with E-state index >= 15 is 0 Å². The van der Waals surface area contributed by atoms with Crippen LogP contribution in [0.1, 0.15) is 22.5 Å². The average molecular weight is 464 g/mol. The van der Waals surface area contributed by atoms with E-state index < -0.39 is 17.6 Å². The molecule has 0 atom stereocenters. The summed E-state index contributed by atoms with van der Waals surface area (Å²) < 4.78 is 41.8. The normalized spacial score (nSPS) is 17.9. The number of hydrogen-bond donors (Lipinski definition) is 1. The fraction of sp³-hybridized carbons (Fsp3) is 0.200. The van der Waals surface area contributed by atoms with Crippen LogP contribution in [0.4, 0.5) is 13.2 Å². The van der Waals surface area contributed by atoms with Crippen LogP contribution in [0.5, 0.6) is 0 Å². The molecule has 0 spiro atoms.